The molecule has 1 rings (SSSR count). The van der Waals surface area contributed by atoms with Crippen LogP contribution in [0.4, 0.5) is 0 Å². The van der Waals surface area contributed by atoms with E-state index in [2.05, 4.69) is 0 Å². The molecule has 0 bridgehead atoms. The average molecular weight is 271 g/mol. The highest BCUT2D eigenvalue weighted by Gasteiger charge is 2.25. The van der Waals surface area contributed by atoms with Crippen molar-refractivity contribution in [3.05, 3.63) is 29.3 Å². The van der Waals surface area contributed by atoms with Crippen molar-refractivity contribution in [2.45, 2.75) is 27.7 Å². The summed E-state index contributed by atoms with van der Waals surface area (Å²) in [5.74, 6) is 0.697. The maximum atomic E-state index is 11.1. The van der Waals surface area contributed by atoms with E-state index in [4.69, 9.17) is 9.88 Å². The van der Waals surface area contributed by atoms with Crippen molar-refractivity contribution in [2.24, 2.45) is 10.6 Å². The molecule has 1 aromatic rings. The van der Waals surface area contributed by atoms with Crippen LogP contribution in [0.1, 0.15) is 25.0 Å². The molecule has 0 aliphatic heterocycles. The third kappa shape index (κ3) is 4.66. The molecule has 4 nitrogen and oxygen atoms in total. The molecule has 0 aromatic heterocycles. The van der Waals surface area contributed by atoms with Crippen LogP contribution in [0.15, 0.2) is 18.2 Å². The Kier molecular flexibility index (Phi) is 4.40. The summed E-state index contributed by atoms with van der Waals surface area (Å²) in [7, 11) is -3.48. The van der Waals surface area contributed by atoms with Gasteiger partial charge >= 0.3 is 0 Å². The Bertz CT molecular complexity index is 521. The summed E-state index contributed by atoms with van der Waals surface area (Å²) in [6.07, 6.45) is 0. The highest BCUT2D eigenvalue weighted by molar-refractivity contribution is 7.89. The van der Waals surface area contributed by atoms with Gasteiger partial charge in [-0.1, -0.05) is 26.0 Å². The van der Waals surface area contributed by atoms with E-state index in [-0.39, 0.29) is 5.75 Å². The van der Waals surface area contributed by atoms with E-state index in [9.17, 15) is 8.42 Å². The minimum atomic E-state index is -3.48. The lowest BCUT2D eigenvalue weighted by molar-refractivity contribution is 0.198. The zero-order valence-electron chi connectivity index (χ0n) is 11.4. The van der Waals surface area contributed by atoms with Crippen molar-refractivity contribution in [1.82, 2.24) is 0 Å². The Morgan fingerprint density at radius 3 is 2.44 bits per heavy atom. The molecule has 0 amide bonds. The number of hydrogen-bond acceptors (Lipinski definition) is 3. The van der Waals surface area contributed by atoms with Gasteiger partial charge in [0.1, 0.15) is 5.75 Å². The highest BCUT2D eigenvalue weighted by Crippen LogP contribution is 2.24. The first-order valence-corrected chi connectivity index (χ1v) is 7.52. The van der Waals surface area contributed by atoms with Crippen LogP contribution in [-0.4, -0.2) is 20.8 Å². The minimum absolute atomic E-state index is 0.0924. The number of ether oxygens (including phenoxy) is 1. The molecule has 5 heteroatoms. The monoisotopic (exact) mass is 271 g/mol. The minimum Gasteiger partial charge on any atom is -0.493 e. The topological polar surface area (TPSA) is 69.4 Å². The first kappa shape index (κ1) is 15.0. The van der Waals surface area contributed by atoms with E-state index in [0.717, 1.165) is 16.9 Å². The lowest BCUT2D eigenvalue weighted by atomic mass is 9.98. The smallest absolute Gasteiger partial charge is 0.209 e. The maximum absolute atomic E-state index is 11.1. The second-order valence-corrected chi connectivity index (χ2v) is 7.07. The normalized spacial score (nSPS) is 12.5. The summed E-state index contributed by atoms with van der Waals surface area (Å²) in [6, 6.07) is 5.82. The summed E-state index contributed by atoms with van der Waals surface area (Å²) in [4.78, 5) is 0. The number of primary sulfonamides is 1. The van der Waals surface area contributed by atoms with Crippen molar-refractivity contribution in [3.8, 4) is 5.75 Å². The molecule has 0 unspecified atom stereocenters. The van der Waals surface area contributed by atoms with Gasteiger partial charge in [-0.25, -0.2) is 13.6 Å². The molecular formula is C13H21NO3S. The van der Waals surface area contributed by atoms with Crippen molar-refractivity contribution in [3.63, 3.8) is 0 Å². The number of rotatable bonds is 5. The molecule has 0 saturated heterocycles. The van der Waals surface area contributed by atoms with Crippen LogP contribution >= 0.6 is 0 Å². The number of sulfonamides is 1. The predicted octanol–water partition coefficient (Wildman–Crippen LogP) is 2.00. The first-order valence-electron chi connectivity index (χ1n) is 5.80. The largest absolute Gasteiger partial charge is 0.493 e. The molecule has 18 heavy (non-hydrogen) atoms. The van der Waals surface area contributed by atoms with Gasteiger partial charge in [-0.15, -0.1) is 0 Å². The van der Waals surface area contributed by atoms with E-state index in [1.807, 2.05) is 45.9 Å². The van der Waals surface area contributed by atoms with Gasteiger partial charge in [0, 0.05) is 5.41 Å². The number of benzene rings is 1. The van der Waals surface area contributed by atoms with Gasteiger partial charge in [0.05, 0.1) is 12.4 Å². The average Bonchev–Trinajstić information content (AvgIpc) is 2.17. The number of nitrogens with two attached hydrogens (primary N) is 1. The van der Waals surface area contributed by atoms with Crippen LogP contribution in [0.3, 0.4) is 0 Å². The lowest BCUT2D eigenvalue weighted by Crippen LogP contribution is -2.33. The summed E-state index contributed by atoms with van der Waals surface area (Å²) in [6.45, 7) is 7.95. The van der Waals surface area contributed by atoms with Crippen molar-refractivity contribution in [1.29, 1.82) is 0 Å². The van der Waals surface area contributed by atoms with E-state index < -0.39 is 15.4 Å². The fourth-order valence-corrected chi connectivity index (χ4v) is 2.91. The zero-order valence-corrected chi connectivity index (χ0v) is 12.2. The van der Waals surface area contributed by atoms with Gasteiger partial charge in [-0.2, -0.15) is 0 Å². The summed E-state index contributed by atoms with van der Waals surface area (Å²) < 4.78 is 27.9. The molecule has 0 radical (unpaired) electrons. The Labute approximate surface area is 109 Å². The van der Waals surface area contributed by atoms with Gasteiger partial charge in [-0.05, 0) is 31.0 Å². The molecule has 0 aliphatic carbocycles. The van der Waals surface area contributed by atoms with E-state index in [1.54, 1.807) is 0 Å². The Hall–Kier alpha value is -1.07. The first-order chi connectivity index (χ1) is 8.11. The fraction of sp³-hybridized carbons (Fsp3) is 0.538. The Morgan fingerprint density at radius 2 is 1.89 bits per heavy atom. The van der Waals surface area contributed by atoms with Gasteiger partial charge in [0.15, 0.2) is 0 Å². The second kappa shape index (κ2) is 5.28. The SMILES string of the molecule is Cc1cccc(OCC(C)(C)CS(N)(=O)=O)c1C. The van der Waals surface area contributed by atoms with Gasteiger partial charge in [0.25, 0.3) is 0 Å². The van der Waals surface area contributed by atoms with Gasteiger partial charge in [0.2, 0.25) is 10.0 Å². The quantitative estimate of drug-likeness (QED) is 0.890. The van der Waals surface area contributed by atoms with E-state index in [0.29, 0.717) is 6.61 Å². The van der Waals surface area contributed by atoms with E-state index >= 15 is 0 Å². The van der Waals surface area contributed by atoms with Crippen LogP contribution in [-0.2, 0) is 10.0 Å². The molecule has 0 saturated carbocycles. The van der Waals surface area contributed by atoms with Crippen molar-refractivity contribution in [2.75, 3.05) is 12.4 Å². The third-order valence-electron chi connectivity index (χ3n) is 2.77. The summed E-state index contributed by atoms with van der Waals surface area (Å²) in [5, 5.41) is 5.06. The molecule has 102 valence electrons. The number of hydrogen-bond donors (Lipinski definition) is 1. The van der Waals surface area contributed by atoms with Crippen LogP contribution in [0.2, 0.25) is 0 Å². The highest BCUT2D eigenvalue weighted by atomic mass is 32.2. The molecule has 0 heterocycles. The van der Waals surface area contributed by atoms with Crippen LogP contribution < -0.4 is 9.88 Å². The predicted molar refractivity (Wildman–Crippen MR) is 73.2 cm³/mol. The molecule has 0 aliphatic rings. The Balaban J connectivity index is 2.73. The Morgan fingerprint density at radius 1 is 1.28 bits per heavy atom. The summed E-state index contributed by atoms with van der Waals surface area (Å²) >= 11 is 0. The standard InChI is InChI=1S/C13H21NO3S/c1-10-6-5-7-12(11(10)2)17-8-13(3,4)9-18(14,15)16/h5-7H,8-9H2,1-4H3,(H2,14,15,16). The van der Waals surface area contributed by atoms with Crippen LogP contribution in [0.5, 0.6) is 5.75 Å². The van der Waals surface area contributed by atoms with Crippen LogP contribution in [0.25, 0.3) is 0 Å². The van der Waals surface area contributed by atoms with Crippen LogP contribution in [0, 0.1) is 19.3 Å². The summed E-state index contributed by atoms with van der Waals surface area (Å²) in [5.41, 5.74) is 1.71. The molecule has 0 fully saturated rings. The zero-order chi connectivity index (χ0) is 14.0. The molecule has 0 spiro atoms. The molecule has 2 N–H and O–H groups in total. The van der Waals surface area contributed by atoms with E-state index in [1.165, 1.54) is 0 Å². The fourth-order valence-electron chi connectivity index (χ4n) is 1.74. The maximum Gasteiger partial charge on any atom is 0.209 e. The van der Waals surface area contributed by atoms with Crippen molar-refractivity contribution < 1.29 is 13.2 Å². The van der Waals surface area contributed by atoms with Gasteiger partial charge in [-0.3, -0.25) is 0 Å². The number of aryl methyl sites for hydroxylation is 1. The molecule has 0 atom stereocenters. The molecule has 1 aromatic carbocycles. The second-order valence-electron chi connectivity index (χ2n) is 5.46. The van der Waals surface area contributed by atoms with Crippen molar-refractivity contribution >= 4 is 10.0 Å². The van der Waals surface area contributed by atoms with Gasteiger partial charge < -0.3 is 4.74 Å². The lowest BCUT2D eigenvalue weighted by Gasteiger charge is -2.24. The third-order valence-corrected chi connectivity index (χ3v) is 3.95. The molecular weight excluding hydrogens is 250 g/mol.